The maximum absolute atomic E-state index is 12.8. The normalized spacial score (nSPS) is 16.2. The lowest BCUT2D eigenvalue weighted by Crippen LogP contribution is -2.30. The Morgan fingerprint density at radius 1 is 1.21 bits per heavy atom. The van der Waals surface area contributed by atoms with Gasteiger partial charge in [0.05, 0.1) is 24.2 Å². The zero-order chi connectivity index (χ0) is 20.2. The van der Waals surface area contributed by atoms with Crippen LogP contribution in [0.15, 0.2) is 60.8 Å². The number of aromatic nitrogens is 1. The topological polar surface area (TPSA) is 71.5 Å². The maximum Gasteiger partial charge on any atom is 0.229 e. The van der Waals surface area contributed by atoms with Crippen LogP contribution in [-0.4, -0.2) is 41.9 Å². The van der Waals surface area contributed by atoms with Crippen molar-refractivity contribution in [2.24, 2.45) is 5.92 Å². The van der Waals surface area contributed by atoms with Crippen LogP contribution in [0.1, 0.15) is 12.0 Å². The summed E-state index contributed by atoms with van der Waals surface area (Å²) in [7, 11) is 1.64. The molecule has 2 aromatic carbocycles. The van der Waals surface area contributed by atoms with Crippen LogP contribution in [0.2, 0.25) is 0 Å². The molecule has 0 saturated carbocycles. The molecule has 1 saturated heterocycles. The van der Waals surface area contributed by atoms with Crippen LogP contribution in [0.25, 0.3) is 10.9 Å². The van der Waals surface area contributed by atoms with E-state index in [1.54, 1.807) is 18.2 Å². The standard InChI is InChI=1S/C23H23N3O3/c1-29-19-8-2-5-16(13-19)10-12-26-15-18(14-21(26)27)23(28)25-20-9-3-6-17-7-4-11-24-22(17)20/h2-9,11,13,18H,10,12,14-15H2,1H3,(H,25,28). The summed E-state index contributed by atoms with van der Waals surface area (Å²) in [5, 5.41) is 3.93. The summed E-state index contributed by atoms with van der Waals surface area (Å²) in [6.07, 6.45) is 2.67. The van der Waals surface area contributed by atoms with E-state index in [-0.39, 0.29) is 24.2 Å². The molecule has 2 amide bonds. The van der Waals surface area contributed by atoms with E-state index in [4.69, 9.17) is 4.74 Å². The first-order chi connectivity index (χ1) is 14.1. The minimum atomic E-state index is -0.355. The molecular formula is C23H23N3O3. The lowest BCUT2D eigenvalue weighted by Gasteiger charge is -2.17. The van der Waals surface area contributed by atoms with Crippen LogP contribution in [0.5, 0.6) is 5.75 Å². The first-order valence-electron chi connectivity index (χ1n) is 9.69. The Hall–Kier alpha value is -3.41. The molecule has 3 aromatic rings. The maximum atomic E-state index is 12.8. The smallest absolute Gasteiger partial charge is 0.229 e. The molecule has 2 heterocycles. The number of nitrogens with one attached hydrogen (secondary N) is 1. The highest BCUT2D eigenvalue weighted by Crippen LogP contribution is 2.24. The van der Waals surface area contributed by atoms with Crippen molar-refractivity contribution in [2.75, 3.05) is 25.5 Å². The van der Waals surface area contributed by atoms with Crippen LogP contribution in [0, 0.1) is 5.92 Å². The predicted molar refractivity (Wildman–Crippen MR) is 112 cm³/mol. The van der Waals surface area contributed by atoms with Gasteiger partial charge in [0, 0.05) is 31.1 Å². The quantitative estimate of drug-likeness (QED) is 0.702. The molecule has 0 radical (unpaired) electrons. The number of nitrogens with zero attached hydrogens (tertiary/aromatic N) is 2. The van der Waals surface area contributed by atoms with Crippen molar-refractivity contribution in [3.63, 3.8) is 0 Å². The van der Waals surface area contributed by atoms with E-state index in [2.05, 4.69) is 10.3 Å². The molecule has 0 spiro atoms. The Labute approximate surface area is 169 Å². The van der Waals surface area contributed by atoms with Gasteiger partial charge in [0.25, 0.3) is 0 Å². The van der Waals surface area contributed by atoms with Gasteiger partial charge in [-0.15, -0.1) is 0 Å². The van der Waals surface area contributed by atoms with Gasteiger partial charge < -0.3 is 15.0 Å². The van der Waals surface area contributed by atoms with Crippen molar-refractivity contribution < 1.29 is 14.3 Å². The van der Waals surface area contributed by atoms with E-state index in [0.717, 1.165) is 28.6 Å². The average molecular weight is 389 g/mol. The van der Waals surface area contributed by atoms with Gasteiger partial charge in [-0.3, -0.25) is 14.6 Å². The molecule has 1 aromatic heterocycles. The third kappa shape index (κ3) is 4.21. The summed E-state index contributed by atoms with van der Waals surface area (Å²) in [5.74, 6) is 0.326. The Morgan fingerprint density at radius 3 is 2.90 bits per heavy atom. The number of pyridine rings is 1. The van der Waals surface area contributed by atoms with Crippen LogP contribution in [0.3, 0.4) is 0 Å². The fourth-order valence-corrected chi connectivity index (χ4v) is 3.70. The van der Waals surface area contributed by atoms with Crippen LogP contribution in [0.4, 0.5) is 5.69 Å². The first kappa shape index (κ1) is 18.9. The van der Waals surface area contributed by atoms with Gasteiger partial charge in [0.2, 0.25) is 11.8 Å². The molecule has 4 rings (SSSR count). The number of hydrogen-bond acceptors (Lipinski definition) is 4. The lowest BCUT2D eigenvalue weighted by molar-refractivity contribution is -0.128. The van der Waals surface area contributed by atoms with Gasteiger partial charge >= 0.3 is 0 Å². The molecular weight excluding hydrogens is 366 g/mol. The number of benzene rings is 2. The lowest BCUT2D eigenvalue weighted by atomic mass is 10.1. The zero-order valence-electron chi connectivity index (χ0n) is 16.3. The number of methoxy groups -OCH3 is 1. The van der Waals surface area contributed by atoms with Crippen LogP contribution < -0.4 is 10.1 Å². The number of rotatable bonds is 6. The monoisotopic (exact) mass is 389 g/mol. The molecule has 1 aliphatic rings. The number of carbonyl (C=O) groups is 2. The first-order valence-corrected chi connectivity index (χ1v) is 9.69. The third-order valence-corrected chi connectivity index (χ3v) is 5.28. The zero-order valence-corrected chi connectivity index (χ0v) is 16.3. The number of fused-ring (bicyclic) bond motifs is 1. The molecule has 0 bridgehead atoms. The van der Waals surface area contributed by atoms with Crippen molar-refractivity contribution in [1.82, 2.24) is 9.88 Å². The Kier molecular flexibility index (Phi) is 5.42. The molecule has 6 heteroatoms. The predicted octanol–water partition coefficient (Wildman–Crippen LogP) is 3.27. The van der Waals surface area contributed by atoms with Crippen LogP contribution >= 0.6 is 0 Å². The number of hydrogen-bond donors (Lipinski definition) is 1. The summed E-state index contributed by atoms with van der Waals surface area (Å²) in [6.45, 7) is 1.03. The van der Waals surface area contributed by atoms with E-state index in [0.29, 0.717) is 18.8 Å². The molecule has 1 atom stereocenters. The minimum Gasteiger partial charge on any atom is -0.497 e. The SMILES string of the molecule is COc1cccc(CCN2CC(C(=O)Nc3cccc4cccnc34)CC2=O)c1. The largest absolute Gasteiger partial charge is 0.497 e. The molecule has 1 N–H and O–H groups in total. The Balaban J connectivity index is 1.38. The fraction of sp³-hybridized carbons (Fsp3) is 0.261. The summed E-state index contributed by atoms with van der Waals surface area (Å²) in [5.41, 5.74) is 2.53. The summed E-state index contributed by atoms with van der Waals surface area (Å²) in [4.78, 5) is 31.3. The summed E-state index contributed by atoms with van der Waals surface area (Å²) < 4.78 is 5.24. The van der Waals surface area contributed by atoms with Crippen molar-refractivity contribution in [1.29, 1.82) is 0 Å². The van der Waals surface area contributed by atoms with E-state index < -0.39 is 0 Å². The summed E-state index contributed by atoms with van der Waals surface area (Å²) in [6, 6.07) is 17.3. The molecule has 148 valence electrons. The second-order valence-corrected chi connectivity index (χ2v) is 7.21. The van der Waals surface area contributed by atoms with E-state index >= 15 is 0 Å². The van der Waals surface area contributed by atoms with Gasteiger partial charge in [-0.1, -0.05) is 30.3 Å². The van der Waals surface area contributed by atoms with Crippen molar-refractivity contribution in [3.8, 4) is 5.75 Å². The fourth-order valence-electron chi connectivity index (χ4n) is 3.70. The highest BCUT2D eigenvalue weighted by molar-refractivity contribution is 6.02. The van der Waals surface area contributed by atoms with E-state index in [1.165, 1.54) is 0 Å². The third-order valence-electron chi connectivity index (χ3n) is 5.28. The van der Waals surface area contributed by atoms with Crippen molar-refractivity contribution in [2.45, 2.75) is 12.8 Å². The van der Waals surface area contributed by atoms with E-state index in [9.17, 15) is 9.59 Å². The highest BCUT2D eigenvalue weighted by Gasteiger charge is 2.34. The second-order valence-electron chi connectivity index (χ2n) is 7.21. The number of anilines is 1. The van der Waals surface area contributed by atoms with Crippen LogP contribution in [-0.2, 0) is 16.0 Å². The average Bonchev–Trinajstić information content (AvgIpc) is 3.13. The number of carbonyl (C=O) groups excluding carboxylic acids is 2. The molecule has 1 aliphatic heterocycles. The van der Waals surface area contributed by atoms with Gasteiger partial charge in [-0.25, -0.2) is 0 Å². The molecule has 1 fully saturated rings. The van der Waals surface area contributed by atoms with Gasteiger partial charge in [-0.2, -0.15) is 0 Å². The number of likely N-dealkylation sites (tertiary alicyclic amines) is 1. The summed E-state index contributed by atoms with van der Waals surface area (Å²) >= 11 is 0. The molecule has 1 unspecified atom stereocenters. The van der Waals surface area contributed by atoms with Crippen molar-refractivity contribution in [3.05, 3.63) is 66.4 Å². The number of para-hydroxylation sites is 1. The number of ether oxygens (including phenoxy) is 1. The molecule has 29 heavy (non-hydrogen) atoms. The van der Waals surface area contributed by atoms with E-state index in [1.807, 2.05) is 54.6 Å². The van der Waals surface area contributed by atoms with Gasteiger partial charge in [-0.05, 0) is 36.2 Å². The van der Waals surface area contributed by atoms with Crippen molar-refractivity contribution >= 4 is 28.4 Å². The Bertz CT molecular complexity index is 1040. The van der Waals surface area contributed by atoms with Gasteiger partial charge in [0.1, 0.15) is 5.75 Å². The molecule has 6 nitrogen and oxygen atoms in total. The number of amides is 2. The minimum absolute atomic E-state index is 0.0177. The van der Waals surface area contributed by atoms with Gasteiger partial charge in [0.15, 0.2) is 0 Å². The Morgan fingerprint density at radius 2 is 2.03 bits per heavy atom. The highest BCUT2D eigenvalue weighted by atomic mass is 16.5. The molecule has 0 aliphatic carbocycles. The second kappa shape index (κ2) is 8.31.